The molecule has 0 unspecified atom stereocenters. The van der Waals surface area contributed by atoms with Crippen LogP contribution < -0.4 is 4.74 Å². The van der Waals surface area contributed by atoms with Gasteiger partial charge in [-0.15, -0.1) is 0 Å². The standard InChI is InChI=1S/C8H5BrFNO/c1-12-8-5(4-11)7(10)3-2-6(8)9/h2-3H,1H3. The Morgan fingerprint density at radius 1 is 1.58 bits per heavy atom. The minimum atomic E-state index is -0.572. The van der Waals surface area contributed by atoms with E-state index in [0.29, 0.717) is 4.47 Å². The van der Waals surface area contributed by atoms with Gasteiger partial charge in [0.15, 0.2) is 5.75 Å². The SMILES string of the molecule is COc1c(Br)ccc(F)c1C#N. The highest BCUT2D eigenvalue weighted by Gasteiger charge is 2.11. The number of nitrogens with zero attached hydrogens (tertiary/aromatic N) is 1. The van der Waals surface area contributed by atoms with Crippen molar-refractivity contribution in [1.29, 1.82) is 5.26 Å². The summed E-state index contributed by atoms with van der Waals surface area (Å²) >= 11 is 3.14. The molecule has 0 aliphatic rings. The smallest absolute Gasteiger partial charge is 0.153 e. The van der Waals surface area contributed by atoms with Gasteiger partial charge in [0, 0.05) is 0 Å². The van der Waals surface area contributed by atoms with Crippen molar-refractivity contribution in [2.45, 2.75) is 0 Å². The molecule has 2 nitrogen and oxygen atoms in total. The van der Waals surface area contributed by atoms with Crippen LogP contribution in [0.5, 0.6) is 5.75 Å². The molecule has 0 radical (unpaired) electrons. The first-order valence-corrected chi connectivity index (χ1v) is 3.92. The third kappa shape index (κ3) is 1.41. The molecule has 0 N–H and O–H groups in total. The van der Waals surface area contributed by atoms with Crippen molar-refractivity contribution in [1.82, 2.24) is 0 Å². The molecule has 0 fully saturated rings. The summed E-state index contributed by atoms with van der Waals surface area (Å²) in [6.07, 6.45) is 0. The summed E-state index contributed by atoms with van der Waals surface area (Å²) in [5, 5.41) is 8.56. The van der Waals surface area contributed by atoms with Gasteiger partial charge in [-0.1, -0.05) is 0 Å². The van der Waals surface area contributed by atoms with Crippen LogP contribution in [-0.4, -0.2) is 7.11 Å². The highest BCUT2D eigenvalue weighted by atomic mass is 79.9. The second-order valence-electron chi connectivity index (χ2n) is 2.05. The van der Waals surface area contributed by atoms with Crippen molar-refractivity contribution in [3.63, 3.8) is 0 Å². The van der Waals surface area contributed by atoms with E-state index in [1.54, 1.807) is 6.07 Å². The van der Waals surface area contributed by atoms with Gasteiger partial charge in [0.1, 0.15) is 17.4 Å². The monoisotopic (exact) mass is 229 g/mol. The molecule has 0 saturated heterocycles. The molecule has 0 aromatic heterocycles. The second kappa shape index (κ2) is 3.55. The quantitative estimate of drug-likeness (QED) is 0.742. The summed E-state index contributed by atoms with van der Waals surface area (Å²) in [6, 6.07) is 4.43. The lowest BCUT2D eigenvalue weighted by Gasteiger charge is -2.04. The van der Waals surface area contributed by atoms with Crippen molar-refractivity contribution in [3.8, 4) is 11.8 Å². The lowest BCUT2D eigenvalue weighted by molar-refractivity contribution is 0.407. The van der Waals surface area contributed by atoms with Crippen LogP contribution in [0.3, 0.4) is 0 Å². The van der Waals surface area contributed by atoms with Gasteiger partial charge in [-0.3, -0.25) is 0 Å². The maximum Gasteiger partial charge on any atom is 0.153 e. The number of nitriles is 1. The zero-order chi connectivity index (χ0) is 9.14. The third-order valence-electron chi connectivity index (χ3n) is 1.37. The van der Waals surface area contributed by atoms with Gasteiger partial charge < -0.3 is 4.74 Å². The molecule has 0 heterocycles. The third-order valence-corrected chi connectivity index (χ3v) is 2.00. The number of hydrogen-bond donors (Lipinski definition) is 0. The Hall–Kier alpha value is -1.08. The van der Waals surface area contributed by atoms with Crippen LogP contribution in [0.1, 0.15) is 5.56 Å². The number of ether oxygens (including phenoxy) is 1. The first-order chi connectivity index (χ1) is 5.70. The van der Waals surface area contributed by atoms with E-state index >= 15 is 0 Å². The minimum Gasteiger partial charge on any atom is -0.494 e. The predicted octanol–water partition coefficient (Wildman–Crippen LogP) is 2.47. The van der Waals surface area contributed by atoms with E-state index in [-0.39, 0.29) is 11.3 Å². The molecular formula is C8H5BrFNO. The minimum absolute atomic E-state index is 0.0770. The van der Waals surface area contributed by atoms with Crippen LogP contribution in [-0.2, 0) is 0 Å². The van der Waals surface area contributed by atoms with Gasteiger partial charge in [0.25, 0.3) is 0 Å². The zero-order valence-electron chi connectivity index (χ0n) is 6.27. The molecular weight excluding hydrogens is 225 g/mol. The number of methoxy groups -OCH3 is 1. The van der Waals surface area contributed by atoms with Gasteiger partial charge in [0.2, 0.25) is 0 Å². The van der Waals surface area contributed by atoms with E-state index in [1.165, 1.54) is 19.2 Å². The van der Waals surface area contributed by atoms with Crippen LogP contribution in [0.15, 0.2) is 16.6 Å². The zero-order valence-corrected chi connectivity index (χ0v) is 7.85. The Morgan fingerprint density at radius 2 is 2.25 bits per heavy atom. The summed E-state index contributed by atoms with van der Waals surface area (Å²) in [4.78, 5) is 0. The molecule has 0 saturated carbocycles. The topological polar surface area (TPSA) is 33.0 Å². The predicted molar refractivity (Wildman–Crippen MR) is 45.4 cm³/mol. The number of rotatable bonds is 1. The maximum absolute atomic E-state index is 12.9. The number of benzene rings is 1. The fraction of sp³-hybridized carbons (Fsp3) is 0.125. The van der Waals surface area contributed by atoms with Crippen LogP contribution in [0.2, 0.25) is 0 Å². The normalized spacial score (nSPS) is 9.17. The Kier molecular flexibility index (Phi) is 2.66. The molecule has 12 heavy (non-hydrogen) atoms. The van der Waals surface area contributed by atoms with Crippen LogP contribution >= 0.6 is 15.9 Å². The fourth-order valence-electron chi connectivity index (χ4n) is 0.837. The molecule has 1 aromatic rings. The van der Waals surface area contributed by atoms with E-state index in [0.717, 1.165) is 0 Å². The Labute approximate surface area is 77.7 Å². The lowest BCUT2D eigenvalue weighted by atomic mass is 10.2. The molecule has 0 aliphatic heterocycles. The molecule has 62 valence electrons. The number of hydrogen-bond acceptors (Lipinski definition) is 2. The first kappa shape index (κ1) is 9.01. The fourth-order valence-corrected chi connectivity index (χ4v) is 1.33. The van der Waals surface area contributed by atoms with E-state index in [4.69, 9.17) is 10.00 Å². The van der Waals surface area contributed by atoms with E-state index in [9.17, 15) is 4.39 Å². The van der Waals surface area contributed by atoms with Crippen molar-refractivity contribution in [2.24, 2.45) is 0 Å². The molecule has 0 spiro atoms. The van der Waals surface area contributed by atoms with Crippen molar-refractivity contribution in [2.75, 3.05) is 7.11 Å². The second-order valence-corrected chi connectivity index (χ2v) is 2.90. The van der Waals surface area contributed by atoms with Crippen molar-refractivity contribution < 1.29 is 9.13 Å². The molecule has 1 rings (SSSR count). The molecule has 1 aromatic carbocycles. The maximum atomic E-state index is 12.9. The largest absolute Gasteiger partial charge is 0.494 e. The van der Waals surface area contributed by atoms with E-state index in [2.05, 4.69) is 15.9 Å². The highest BCUT2D eigenvalue weighted by molar-refractivity contribution is 9.10. The molecule has 0 bridgehead atoms. The van der Waals surface area contributed by atoms with Gasteiger partial charge in [-0.25, -0.2) is 4.39 Å². The van der Waals surface area contributed by atoms with Crippen LogP contribution in [0, 0.1) is 17.1 Å². The Balaban J connectivity index is 3.41. The van der Waals surface area contributed by atoms with Crippen molar-refractivity contribution >= 4 is 15.9 Å². The van der Waals surface area contributed by atoms with Gasteiger partial charge in [-0.2, -0.15) is 5.26 Å². The van der Waals surface area contributed by atoms with Gasteiger partial charge in [0.05, 0.1) is 11.6 Å². The Morgan fingerprint density at radius 3 is 2.67 bits per heavy atom. The van der Waals surface area contributed by atoms with Crippen molar-refractivity contribution in [3.05, 3.63) is 28.0 Å². The van der Waals surface area contributed by atoms with E-state index < -0.39 is 5.82 Å². The first-order valence-electron chi connectivity index (χ1n) is 3.12. The van der Waals surface area contributed by atoms with Gasteiger partial charge in [-0.05, 0) is 28.1 Å². The van der Waals surface area contributed by atoms with Crippen LogP contribution in [0.25, 0.3) is 0 Å². The molecule has 0 amide bonds. The Bertz CT molecular complexity index is 346. The van der Waals surface area contributed by atoms with Crippen LogP contribution in [0.4, 0.5) is 4.39 Å². The van der Waals surface area contributed by atoms with Gasteiger partial charge >= 0.3 is 0 Å². The molecule has 0 atom stereocenters. The summed E-state index contributed by atoms with van der Waals surface area (Å²) in [5.74, 6) is -0.338. The molecule has 0 aliphatic carbocycles. The number of halogens is 2. The lowest BCUT2D eigenvalue weighted by Crippen LogP contribution is -1.92. The highest BCUT2D eigenvalue weighted by Crippen LogP contribution is 2.29. The summed E-state index contributed by atoms with van der Waals surface area (Å²) in [7, 11) is 1.39. The average molecular weight is 230 g/mol. The summed E-state index contributed by atoms with van der Waals surface area (Å²) < 4.78 is 18.3. The summed E-state index contributed by atoms with van der Waals surface area (Å²) in [5.41, 5.74) is -0.0770. The summed E-state index contributed by atoms with van der Waals surface area (Å²) in [6.45, 7) is 0. The molecule has 4 heteroatoms. The average Bonchev–Trinajstić information content (AvgIpc) is 2.08. The van der Waals surface area contributed by atoms with E-state index in [1.807, 2.05) is 0 Å².